The summed E-state index contributed by atoms with van der Waals surface area (Å²) in [4.78, 5) is 22.8. The van der Waals surface area contributed by atoms with Gasteiger partial charge in [0.05, 0.1) is 6.54 Å². The molecule has 1 rings (SSSR count). The lowest BCUT2D eigenvalue weighted by Gasteiger charge is -2.07. The van der Waals surface area contributed by atoms with E-state index in [0.717, 1.165) is 0 Å². The summed E-state index contributed by atoms with van der Waals surface area (Å²) in [6, 6.07) is 0. The van der Waals surface area contributed by atoms with Crippen LogP contribution in [0.25, 0.3) is 0 Å². The predicted octanol–water partition coefficient (Wildman–Crippen LogP) is 1.28. The van der Waals surface area contributed by atoms with Gasteiger partial charge in [0.15, 0.2) is 0 Å². The van der Waals surface area contributed by atoms with E-state index in [1.165, 1.54) is 7.05 Å². The van der Waals surface area contributed by atoms with Crippen LogP contribution in [0.5, 0.6) is 0 Å². The zero-order chi connectivity index (χ0) is 14.8. The number of allylic oxidation sites excluding steroid dienone is 1. The lowest BCUT2D eigenvalue weighted by molar-refractivity contribution is 0.153. The second kappa shape index (κ2) is 8.92. The molecule has 9 heteroatoms. The first kappa shape index (κ1) is 16.0. The molecule has 1 aromatic rings. The van der Waals surface area contributed by atoms with Gasteiger partial charge >= 0.3 is 6.09 Å². The van der Waals surface area contributed by atoms with Crippen molar-refractivity contribution < 1.29 is 9.53 Å². The van der Waals surface area contributed by atoms with E-state index < -0.39 is 6.09 Å². The van der Waals surface area contributed by atoms with Crippen LogP contribution < -0.4 is 16.0 Å². The Morgan fingerprint density at radius 3 is 2.65 bits per heavy atom. The van der Waals surface area contributed by atoms with Crippen molar-refractivity contribution >= 4 is 29.6 Å². The Morgan fingerprint density at radius 2 is 2.00 bits per heavy atom. The molecule has 3 N–H and O–H groups in total. The fraction of sp³-hybridized carbons (Fsp3) is 0.455. The van der Waals surface area contributed by atoms with Crippen molar-refractivity contribution in [2.45, 2.75) is 6.92 Å². The van der Waals surface area contributed by atoms with Gasteiger partial charge in [-0.2, -0.15) is 15.0 Å². The molecule has 0 unspecified atom stereocenters. The van der Waals surface area contributed by atoms with Gasteiger partial charge in [0.2, 0.25) is 17.2 Å². The largest absolute Gasteiger partial charge is 0.448 e. The van der Waals surface area contributed by atoms with E-state index in [2.05, 4.69) is 30.9 Å². The standard InChI is InChI=1S/C11H17ClN6O2/c1-3-4-5-14-9-16-8(12)17-10(18-9)15-6-7-20-11(19)13-2/h3-4H,5-7H2,1-2H3,(H,13,19)(H2,14,15,16,17,18)/b4-3+. The predicted molar refractivity (Wildman–Crippen MR) is 77.0 cm³/mol. The van der Waals surface area contributed by atoms with Gasteiger partial charge in [-0.15, -0.1) is 0 Å². The average molecular weight is 301 g/mol. The Labute approximate surface area is 122 Å². The smallest absolute Gasteiger partial charge is 0.406 e. The molecule has 0 radical (unpaired) electrons. The van der Waals surface area contributed by atoms with E-state index in [4.69, 9.17) is 16.3 Å². The van der Waals surface area contributed by atoms with E-state index in [1.807, 2.05) is 19.1 Å². The molecule has 0 aromatic carbocycles. The molecule has 1 heterocycles. The molecule has 0 spiro atoms. The molecule has 0 aliphatic heterocycles. The van der Waals surface area contributed by atoms with E-state index >= 15 is 0 Å². The number of rotatable bonds is 7. The van der Waals surface area contributed by atoms with Gasteiger partial charge in [0, 0.05) is 13.6 Å². The highest BCUT2D eigenvalue weighted by atomic mass is 35.5. The summed E-state index contributed by atoms with van der Waals surface area (Å²) < 4.78 is 4.81. The normalized spacial score (nSPS) is 10.3. The maximum Gasteiger partial charge on any atom is 0.406 e. The molecular weight excluding hydrogens is 284 g/mol. The van der Waals surface area contributed by atoms with Crippen molar-refractivity contribution in [2.24, 2.45) is 0 Å². The summed E-state index contributed by atoms with van der Waals surface area (Å²) in [5.74, 6) is 0.686. The number of halogens is 1. The number of anilines is 2. The summed E-state index contributed by atoms with van der Waals surface area (Å²) in [6.07, 6.45) is 3.33. The van der Waals surface area contributed by atoms with Gasteiger partial charge in [0.25, 0.3) is 0 Å². The first-order valence-electron chi connectivity index (χ1n) is 6.00. The third kappa shape index (κ3) is 6.19. The Bertz CT molecular complexity index is 468. The van der Waals surface area contributed by atoms with Crippen molar-refractivity contribution in [2.75, 3.05) is 37.4 Å². The summed E-state index contributed by atoms with van der Waals surface area (Å²) >= 11 is 5.79. The number of carbonyl (C=O) groups is 1. The monoisotopic (exact) mass is 300 g/mol. The SMILES string of the molecule is C/C=C/CNc1nc(Cl)nc(NCCOC(=O)NC)n1. The number of ether oxygens (including phenoxy) is 1. The number of nitrogens with one attached hydrogen (secondary N) is 3. The molecule has 8 nitrogen and oxygen atoms in total. The zero-order valence-electron chi connectivity index (χ0n) is 11.3. The maximum atomic E-state index is 10.8. The van der Waals surface area contributed by atoms with Gasteiger partial charge in [-0.1, -0.05) is 12.2 Å². The molecule has 20 heavy (non-hydrogen) atoms. The average Bonchev–Trinajstić information content (AvgIpc) is 2.43. The third-order valence-corrected chi connectivity index (χ3v) is 2.21. The van der Waals surface area contributed by atoms with Crippen LogP contribution in [0.3, 0.4) is 0 Å². The first-order chi connectivity index (χ1) is 9.65. The van der Waals surface area contributed by atoms with Crippen LogP contribution >= 0.6 is 11.6 Å². The van der Waals surface area contributed by atoms with E-state index in [9.17, 15) is 4.79 Å². The topological polar surface area (TPSA) is 101 Å². The van der Waals surface area contributed by atoms with Crippen molar-refractivity contribution in [1.82, 2.24) is 20.3 Å². The Balaban J connectivity index is 2.46. The number of amides is 1. The summed E-state index contributed by atoms with van der Waals surface area (Å²) in [7, 11) is 1.49. The number of alkyl carbamates (subject to hydrolysis) is 1. The van der Waals surface area contributed by atoms with Gasteiger partial charge in [-0.3, -0.25) is 0 Å². The summed E-state index contributed by atoms with van der Waals surface area (Å²) in [5, 5.41) is 8.29. The van der Waals surface area contributed by atoms with E-state index in [0.29, 0.717) is 25.0 Å². The van der Waals surface area contributed by atoms with Crippen molar-refractivity contribution in [3.05, 3.63) is 17.4 Å². The highest BCUT2D eigenvalue weighted by molar-refractivity contribution is 6.28. The quantitative estimate of drug-likeness (QED) is 0.515. The Morgan fingerprint density at radius 1 is 1.30 bits per heavy atom. The fourth-order valence-electron chi connectivity index (χ4n) is 1.15. The van der Waals surface area contributed by atoms with Crippen LogP contribution in [-0.2, 0) is 4.74 Å². The number of hydrogen-bond acceptors (Lipinski definition) is 7. The first-order valence-corrected chi connectivity index (χ1v) is 6.38. The van der Waals surface area contributed by atoms with Gasteiger partial charge in [-0.05, 0) is 18.5 Å². The highest BCUT2D eigenvalue weighted by Crippen LogP contribution is 2.08. The molecule has 0 aliphatic rings. The third-order valence-electron chi connectivity index (χ3n) is 2.04. The maximum absolute atomic E-state index is 10.8. The minimum Gasteiger partial charge on any atom is -0.448 e. The lowest BCUT2D eigenvalue weighted by Crippen LogP contribution is -2.22. The molecule has 0 atom stereocenters. The van der Waals surface area contributed by atoms with Crippen LogP contribution in [-0.4, -0.2) is 47.8 Å². The number of hydrogen-bond donors (Lipinski definition) is 3. The molecule has 1 amide bonds. The highest BCUT2D eigenvalue weighted by Gasteiger charge is 2.04. The van der Waals surface area contributed by atoms with E-state index in [-0.39, 0.29) is 11.9 Å². The Kier molecular flexibility index (Phi) is 7.12. The molecule has 110 valence electrons. The summed E-state index contributed by atoms with van der Waals surface area (Å²) in [6.45, 7) is 3.06. The van der Waals surface area contributed by atoms with Crippen LogP contribution in [0.1, 0.15) is 6.92 Å². The minimum atomic E-state index is -0.491. The number of carbonyl (C=O) groups excluding carboxylic acids is 1. The number of aromatic nitrogens is 3. The minimum absolute atomic E-state index is 0.0812. The van der Waals surface area contributed by atoms with Crippen LogP contribution in [0.2, 0.25) is 5.28 Å². The van der Waals surface area contributed by atoms with Gasteiger partial charge in [0.1, 0.15) is 6.61 Å². The van der Waals surface area contributed by atoms with Crippen molar-refractivity contribution in [3.63, 3.8) is 0 Å². The Hall–Kier alpha value is -2.09. The second-order valence-corrected chi connectivity index (χ2v) is 3.85. The second-order valence-electron chi connectivity index (χ2n) is 3.51. The number of nitrogens with zero attached hydrogens (tertiary/aromatic N) is 3. The van der Waals surface area contributed by atoms with Crippen LogP contribution in [0.4, 0.5) is 16.7 Å². The molecule has 0 bridgehead atoms. The van der Waals surface area contributed by atoms with Gasteiger partial charge in [-0.25, -0.2) is 4.79 Å². The van der Waals surface area contributed by atoms with Crippen LogP contribution in [0, 0.1) is 0 Å². The molecular formula is C11H17ClN6O2. The van der Waals surface area contributed by atoms with Crippen LogP contribution in [0.15, 0.2) is 12.2 Å². The molecule has 0 aliphatic carbocycles. The lowest BCUT2D eigenvalue weighted by atomic mass is 10.5. The zero-order valence-corrected chi connectivity index (χ0v) is 12.1. The van der Waals surface area contributed by atoms with Crippen molar-refractivity contribution in [3.8, 4) is 0 Å². The summed E-state index contributed by atoms with van der Waals surface area (Å²) in [5.41, 5.74) is 0. The molecule has 0 fully saturated rings. The molecule has 0 saturated heterocycles. The molecule has 0 saturated carbocycles. The van der Waals surface area contributed by atoms with Gasteiger partial charge < -0.3 is 20.7 Å². The molecule has 1 aromatic heterocycles. The fourth-order valence-corrected chi connectivity index (χ4v) is 1.32. The van der Waals surface area contributed by atoms with Crippen molar-refractivity contribution in [1.29, 1.82) is 0 Å². The van der Waals surface area contributed by atoms with E-state index in [1.54, 1.807) is 0 Å².